The summed E-state index contributed by atoms with van der Waals surface area (Å²) in [6.45, 7) is 0. The van der Waals surface area contributed by atoms with Crippen molar-refractivity contribution >= 4 is 29.2 Å². The molecule has 4 fully saturated rings. The smallest absolute Gasteiger partial charge is 0.268 e. The molecule has 2 aromatic rings. The van der Waals surface area contributed by atoms with Gasteiger partial charge in [-0.1, -0.05) is 0 Å². The minimum atomic E-state index is 0. The maximum Gasteiger partial charge on any atom is 0.268 e. The number of nitrogens with one attached hydrogen (secondary N) is 2. The van der Waals surface area contributed by atoms with Crippen LogP contribution in [0, 0.1) is 17.8 Å². The molecule has 4 aliphatic rings. The molecule has 1 aromatic heterocycles. The number of carbonyl (C=O) groups is 1. The van der Waals surface area contributed by atoms with Crippen molar-refractivity contribution in [3.05, 3.63) is 30.0 Å². The van der Waals surface area contributed by atoms with Gasteiger partial charge in [0, 0.05) is 22.5 Å². The molecule has 5 heteroatoms. The van der Waals surface area contributed by atoms with E-state index < -0.39 is 0 Å². The molecule has 0 saturated heterocycles. The largest absolute Gasteiger partial charge is 0.497 e. The fourth-order valence-corrected chi connectivity index (χ4v) is 5.93. The average Bonchev–Trinajstić information content (AvgIpc) is 2.96. The Morgan fingerprint density at radius 1 is 1.12 bits per heavy atom. The number of benzene rings is 1. The van der Waals surface area contributed by atoms with E-state index in [0.717, 1.165) is 34.4 Å². The lowest BCUT2D eigenvalue weighted by molar-refractivity contribution is -0.0167. The first-order valence-corrected chi connectivity index (χ1v) is 9.12. The highest BCUT2D eigenvalue weighted by atomic mass is 35.5. The van der Waals surface area contributed by atoms with Gasteiger partial charge >= 0.3 is 0 Å². The molecule has 0 aliphatic heterocycles. The third-order valence-electron chi connectivity index (χ3n) is 6.49. The first kappa shape index (κ1) is 16.8. The SMILES string of the molecule is COc1ccc2cc(C(=O)NC34CC5CC(CC(C5)C3)C4)[nH]c2c1.Cl. The number of fused-ring (bicyclic) bond motifs is 1. The van der Waals surface area contributed by atoms with Crippen molar-refractivity contribution in [1.29, 1.82) is 0 Å². The molecular weight excluding hydrogens is 336 g/mol. The van der Waals surface area contributed by atoms with Crippen LogP contribution in [0.3, 0.4) is 0 Å². The van der Waals surface area contributed by atoms with Crippen molar-refractivity contribution in [3.63, 3.8) is 0 Å². The Morgan fingerprint density at radius 3 is 2.36 bits per heavy atom. The summed E-state index contributed by atoms with van der Waals surface area (Å²) in [7, 11) is 1.66. The van der Waals surface area contributed by atoms with E-state index in [-0.39, 0.29) is 23.9 Å². The van der Waals surface area contributed by atoms with Crippen molar-refractivity contribution < 1.29 is 9.53 Å². The molecule has 134 valence electrons. The standard InChI is InChI=1S/C20H24N2O2.ClH/c1-24-16-3-2-15-7-18(21-17(15)8-16)19(23)22-20-9-12-4-13(10-20)6-14(5-12)11-20;/h2-3,7-8,12-14,21H,4-6,9-11H2,1H3,(H,22,23);1H. The van der Waals surface area contributed by atoms with Gasteiger partial charge in [0.05, 0.1) is 7.11 Å². The van der Waals surface area contributed by atoms with Gasteiger partial charge in [0.2, 0.25) is 0 Å². The van der Waals surface area contributed by atoms with Crippen molar-refractivity contribution in [2.75, 3.05) is 7.11 Å². The molecule has 25 heavy (non-hydrogen) atoms. The summed E-state index contributed by atoms with van der Waals surface area (Å²) in [6.07, 6.45) is 7.71. The lowest BCUT2D eigenvalue weighted by atomic mass is 9.53. The molecule has 4 aliphatic carbocycles. The van der Waals surface area contributed by atoms with Crippen LogP contribution < -0.4 is 10.1 Å². The molecule has 2 N–H and O–H groups in total. The van der Waals surface area contributed by atoms with Gasteiger partial charge in [-0.3, -0.25) is 4.79 Å². The van der Waals surface area contributed by atoms with Gasteiger partial charge in [0.1, 0.15) is 11.4 Å². The Morgan fingerprint density at radius 2 is 1.76 bits per heavy atom. The molecule has 4 bridgehead atoms. The second-order valence-electron chi connectivity index (χ2n) is 8.29. The van der Waals surface area contributed by atoms with Crippen LogP contribution in [0.15, 0.2) is 24.3 Å². The van der Waals surface area contributed by atoms with Crippen molar-refractivity contribution in [3.8, 4) is 5.75 Å². The van der Waals surface area contributed by atoms with Crippen LogP contribution in [-0.2, 0) is 0 Å². The van der Waals surface area contributed by atoms with Gasteiger partial charge in [-0.05, 0) is 74.5 Å². The summed E-state index contributed by atoms with van der Waals surface area (Å²) in [5, 5.41) is 4.48. The van der Waals surface area contributed by atoms with E-state index in [1.54, 1.807) is 7.11 Å². The van der Waals surface area contributed by atoms with Crippen LogP contribution in [0.4, 0.5) is 0 Å². The Balaban J connectivity index is 0.00000157. The number of amides is 1. The van der Waals surface area contributed by atoms with E-state index in [4.69, 9.17) is 4.74 Å². The molecule has 4 nitrogen and oxygen atoms in total. The van der Waals surface area contributed by atoms with Crippen LogP contribution >= 0.6 is 12.4 Å². The highest BCUT2D eigenvalue weighted by Crippen LogP contribution is 2.55. The molecule has 4 saturated carbocycles. The zero-order valence-corrected chi connectivity index (χ0v) is 15.3. The lowest BCUT2D eigenvalue weighted by Crippen LogP contribution is -2.59. The van der Waals surface area contributed by atoms with E-state index in [0.29, 0.717) is 5.69 Å². The minimum Gasteiger partial charge on any atom is -0.497 e. The normalized spacial score (nSPS) is 32.4. The summed E-state index contributed by atoms with van der Waals surface area (Å²) < 4.78 is 5.26. The van der Waals surface area contributed by atoms with E-state index in [1.807, 2.05) is 24.3 Å². The second kappa shape index (κ2) is 5.94. The van der Waals surface area contributed by atoms with Crippen molar-refractivity contribution in [2.45, 2.75) is 44.1 Å². The van der Waals surface area contributed by atoms with Crippen LogP contribution in [0.2, 0.25) is 0 Å². The molecule has 0 atom stereocenters. The summed E-state index contributed by atoms with van der Waals surface area (Å²) in [5.74, 6) is 3.36. The van der Waals surface area contributed by atoms with Gasteiger partial charge in [-0.2, -0.15) is 0 Å². The molecule has 1 aromatic carbocycles. The van der Waals surface area contributed by atoms with Gasteiger partial charge in [0.25, 0.3) is 5.91 Å². The van der Waals surface area contributed by atoms with Crippen LogP contribution in [-0.4, -0.2) is 23.5 Å². The highest BCUT2D eigenvalue weighted by Gasteiger charge is 2.51. The van der Waals surface area contributed by atoms with Gasteiger partial charge < -0.3 is 15.0 Å². The Bertz CT molecular complexity index is 778. The number of carbonyl (C=O) groups excluding carboxylic acids is 1. The summed E-state index contributed by atoms with van der Waals surface area (Å²) in [6, 6.07) is 7.81. The number of rotatable bonds is 3. The number of ether oxygens (including phenoxy) is 1. The third-order valence-corrected chi connectivity index (χ3v) is 6.49. The van der Waals surface area contributed by atoms with Crippen molar-refractivity contribution in [1.82, 2.24) is 10.3 Å². The topological polar surface area (TPSA) is 54.1 Å². The molecule has 1 amide bonds. The molecule has 0 unspecified atom stereocenters. The fraction of sp³-hybridized carbons (Fsp3) is 0.550. The predicted octanol–water partition coefficient (Wildman–Crippen LogP) is 4.30. The summed E-state index contributed by atoms with van der Waals surface area (Å²) in [4.78, 5) is 16.1. The summed E-state index contributed by atoms with van der Waals surface area (Å²) in [5.41, 5.74) is 1.67. The van der Waals surface area contributed by atoms with Crippen molar-refractivity contribution in [2.24, 2.45) is 17.8 Å². The first-order valence-electron chi connectivity index (χ1n) is 9.12. The monoisotopic (exact) mass is 360 g/mol. The highest BCUT2D eigenvalue weighted by molar-refractivity contribution is 5.98. The predicted molar refractivity (Wildman–Crippen MR) is 100 cm³/mol. The van der Waals surface area contributed by atoms with Crippen LogP contribution in [0.25, 0.3) is 10.9 Å². The van der Waals surface area contributed by atoms with Crippen LogP contribution in [0.1, 0.15) is 49.0 Å². The zero-order chi connectivity index (χ0) is 16.3. The number of aromatic amines is 1. The number of hydrogen-bond donors (Lipinski definition) is 2. The maximum absolute atomic E-state index is 12.9. The molecule has 0 radical (unpaired) electrons. The number of halogens is 1. The maximum atomic E-state index is 12.9. The minimum absolute atomic E-state index is 0. The Kier molecular flexibility index (Phi) is 3.99. The number of aromatic nitrogens is 1. The van der Waals surface area contributed by atoms with Gasteiger partial charge in [-0.25, -0.2) is 0 Å². The summed E-state index contributed by atoms with van der Waals surface area (Å²) >= 11 is 0. The van der Waals surface area contributed by atoms with E-state index in [1.165, 1.54) is 38.5 Å². The zero-order valence-electron chi connectivity index (χ0n) is 14.5. The molecular formula is C20H25ClN2O2. The molecule has 1 heterocycles. The number of H-pyrrole nitrogens is 1. The van der Waals surface area contributed by atoms with E-state index in [9.17, 15) is 4.79 Å². The Labute approximate surface area is 154 Å². The average molecular weight is 361 g/mol. The molecule has 6 rings (SSSR count). The van der Waals surface area contributed by atoms with Gasteiger partial charge in [0.15, 0.2) is 0 Å². The Hall–Kier alpha value is -1.68. The fourth-order valence-electron chi connectivity index (χ4n) is 5.93. The van der Waals surface area contributed by atoms with Gasteiger partial charge in [-0.15, -0.1) is 12.4 Å². The first-order chi connectivity index (χ1) is 11.6. The van der Waals surface area contributed by atoms with E-state index >= 15 is 0 Å². The third kappa shape index (κ3) is 2.80. The molecule has 0 spiro atoms. The number of hydrogen-bond acceptors (Lipinski definition) is 2. The quantitative estimate of drug-likeness (QED) is 0.857. The number of methoxy groups -OCH3 is 1. The van der Waals surface area contributed by atoms with Crippen LogP contribution in [0.5, 0.6) is 5.75 Å². The second-order valence-corrected chi connectivity index (χ2v) is 8.29. The van der Waals surface area contributed by atoms with E-state index in [2.05, 4.69) is 10.3 Å². The lowest BCUT2D eigenvalue weighted by Gasteiger charge is -2.56.